The molecule has 0 radical (unpaired) electrons. The van der Waals surface area contributed by atoms with Crippen LogP contribution in [0.4, 0.5) is 5.82 Å². The van der Waals surface area contributed by atoms with Crippen LogP contribution in [0.15, 0.2) is 28.6 Å². The van der Waals surface area contributed by atoms with Gasteiger partial charge < -0.3 is 4.57 Å². The lowest BCUT2D eigenvalue weighted by Crippen LogP contribution is -2.18. The molecule has 110 valence electrons. The summed E-state index contributed by atoms with van der Waals surface area (Å²) in [6.07, 6.45) is 3.67. The van der Waals surface area contributed by atoms with Crippen LogP contribution in [0.5, 0.6) is 0 Å². The van der Waals surface area contributed by atoms with E-state index in [1.165, 1.54) is 24.1 Å². The van der Waals surface area contributed by atoms with E-state index in [2.05, 4.69) is 10.1 Å². The maximum Gasteiger partial charge on any atom is 0.282 e. The number of imidazole rings is 1. The molecule has 2 aromatic heterocycles. The van der Waals surface area contributed by atoms with Crippen LogP contribution >= 0.6 is 0 Å². The second-order valence-electron chi connectivity index (χ2n) is 4.04. The van der Waals surface area contributed by atoms with Crippen molar-refractivity contribution in [1.29, 1.82) is 0 Å². The summed E-state index contributed by atoms with van der Waals surface area (Å²) in [5, 5.41) is 8.47. The molecule has 0 saturated heterocycles. The number of hydrogen-bond donors (Lipinski definition) is 2. The topological polar surface area (TPSA) is 142 Å². The van der Waals surface area contributed by atoms with E-state index in [0.29, 0.717) is 0 Å². The molecule has 10 nitrogen and oxygen atoms in total. The van der Waals surface area contributed by atoms with E-state index in [-0.39, 0.29) is 10.8 Å². The maximum atomic E-state index is 12.0. The summed E-state index contributed by atoms with van der Waals surface area (Å²) in [6.45, 7) is 0. The molecule has 0 fully saturated rings. The van der Waals surface area contributed by atoms with Crippen molar-refractivity contribution in [1.82, 2.24) is 19.3 Å². The van der Waals surface area contributed by atoms with Gasteiger partial charge in [0, 0.05) is 26.5 Å². The lowest BCUT2D eigenvalue weighted by molar-refractivity contribution is 0.597. The van der Waals surface area contributed by atoms with E-state index < -0.39 is 24.9 Å². The Morgan fingerprint density at radius 2 is 1.85 bits per heavy atom. The molecule has 0 bridgehead atoms. The molecule has 0 amide bonds. The third-order valence-electron chi connectivity index (χ3n) is 2.29. The largest absolute Gasteiger partial charge is 0.339 e. The summed E-state index contributed by atoms with van der Waals surface area (Å²) in [5.74, 6) is -0.374. The van der Waals surface area contributed by atoms with Gasteiger partial charge in [0.25, 0.3) is 10.0 Å². The molecule has 0 aromatic carbocycles. The minimum Gasteiger partial charge on any atom is -0.339 e. The number of aromatic nitrogens is 4. The van der Waals surface area contributed by atoms with Crippen molar-refractivity contribution in [2.45, 2.75) is 9.92 Å². The smallest absolute Gasteiger partial charge is 0.282 e. The number of anilines is 1. The summed E-state index contributed by atoms with van der Waals surface area (Å²) < 4.78 is 51.4. The van der Waals surface area contributed by atoms with Crippen molar-refractivity contribution in [2.75, 3.05) is 4.72 Å². The minimum absolute atomic E-state index is 0.258. The normalized spacial score (nSPS) is 12.6. The predicted octanol–water partition coefficient (Wildman–Crippen LogP) is -1.40. The average molecular weight is 320 g/mol. The summed E-state index contributed by atoms with van der Waals surface area (Å²) >= 11 is 0. The number of aryl methyl sites for hydroxylation is 2. The number of nitrogens with two attached hydrogens (primary N) is 1. The molecule has 2 heterocycles. The third-order valence-corrected chi connectivity index (χ3v) is 4.42. The van der Waals surface area contributed by atoms with Gasteiger partial charge in [-0.15, -0.1) is 0 Å². The molecule has 3 N–H and O–H groups in total. The van der Waals surface area contributed by atoms with Gasteiger partial charge in [0.15, 0.2) is 10.8 Å². The Kier molecular flexibility index (Phi) is 3.31. The van der Waals surface area contributed by atoms with Gasteiger partial charge in [0.2, 0.25) is 10.0 Å². The van der Waals surface area contributed by atoms with Crippen molar-refractivity contribution in [3.8, 4) is 0 Å². The molecular weight excluding hydrogens is 308 g/mol. The molecule has 0 unspecified atom stereocenters. The van der Waals surface area contributed by atoms with Crippen LogP contribution in [-0.2, 0) is 34.1 Å². The van der Waals surface area contributed by atoms with Crippen molar-refractivity contribution >= 4 is 25.9 Å². The Morgan fingerprint density at radius 1 is 1.20 bits per heavy atom. The minimum atomic E-state index is -4.10. The number of nitrogens with one attached hydrogen (secondary N) is 1. The fourth-order valence-corrected chi connectivity index (χ4v) is 3.18. The van der Waals surface area contributed by atoms with Gasteiger partial charge in [-0.2, -0.15) is 13.5 Å². The standard InChI is InChI=1S/C8H12N6O4S2/c1-13-4-7(10-5-13)20(17,18)12-8-6(19(9,15)16)3-14(2)11-8/h3-5H,1-2H3,(H,11,12)(H2,9,15,16). The molecule has 20 heavy (non-hydrogen) atoms. The lowest BCUT2D eigenvalue weighted by atomic mass is 10.7. The van der Waals surface area contributed by atoms with Gasteiger partial charge in [0.05, 0.1) is 6.33 Å². The van der Waals surface area contributed by atoms with E-state index in [1.807, 2.05) is 4.72 Å². The van der Waals surface area contributed by atoms with Gasteiger partial charge in [0.1, 0.15) is 4.90 Å². The molecule has 0 atom stereocenters. The number of primary sulfonamides is 1. The molecule has 0 spiro atoms. The first-order valence-corrected chi connectivity index (χ1v) is 8.20. The highest BCUT2D eigenvalue weighted by molar-refractivity contribution is 7.93. The summed E-state index contributed by atoms with van der Waals surface area (Å²) in [5.41, 5.74) is 0. The van der Waals surface area contributed by atoms with E-state index >= 15 is 0 Å². The molecule has 2 rings (SSSR count). The summed E-state index contributed by atoms with van der Waals surface area (Å²) in [4.78, 5) is 3.26. The van der Waals surface area contributed by atoms with Crippen molar-refractivity contribution in [3.05, 3.63) is 18.7 Å². The Morgan fingerprint density at radius 3 is 2.35 bits per heavy atom. The Hall–Kier alpha value is -1.92. The zero-order valence-electron chi connectivity index (χ0n) is 10.5. The van der Waals surface area contributed by atoms with Crippen molar-refractivity contribution in [2.24, 2.45) is 19.2 Å². The Labute approximate surface area is 115 Å². The second-order valence-corrected chi connectivity index (χ2v) is 7.20. The molecule has 2 aromatic rings. The van der Waals surface area contributed by atoms with Crippen LogP contribution in [0.1, 0.15) is 0 Å². The zero-order valence-corrected chi connectivity index (χ0v) is 12.2. The van der Waals surface area contributed by atoms with Crippen LogP contribution in [0.3, 0.4) is 0 Å². The Bertz CT molecular complexity index is 847. The fourth-order valence-electron chi connectivity index (χ4n) is 1.45. The number of hydrogen-bond acceptors (Lipinski definition) is 6. The highest BCUT2D eigenvalue weighted by Crippen LogP contribution is 2.20. The number of sulfonamides is 2. The molecular formula is C8H12N6O4S2. The SMILES string of the molecule is Cn1cnc(S(=O)(=O)Nc2nn(C)cc2S(N)(=O)=O)c1. The quantitative estimate of drug-likeness (QED) is 0.709. The first kappa shape index (κ1) is 14.5. The molecule has 0 aliphatic heterocycles. The van der Waals surface area contributed by atoms with Crippen LogP contribution in [0.2, 0.25) is 0 Å². The van der Waals surface area contributed by atoms with E-state index in [1.54, 1.807) is 7.05 Å². The molecule has 0 aliphatic carbocycles. The molecule has 0 aliphatic rings. The van der Waals surface area contributed by atoms with Crippen molar-refractivity contribution < 1.29 is 16.8 Å². The third kappa shape index (κ3) is 2.81. The van der Waals surface area contributed by atoms with Crippen LogP contribution in [0, 0.1) is 0 Å². The van der Waals surface area contributed by atoms with E-state index in [4.69, 9.17) is 5.14 Å². The maximum absolute atomic E-state index is 12.0. The van der Waals surface area contributed by atoms with Crippen LogP contribution in [0.25, 0.3) is 0 Å². The first-order chi connectivity index (χ1) is 9.09. The first-order valence-electron chi connectivity index (χ1n) is 5.17. The highest BCUT2D eigenvalue weighted by Gasteiger charge is 2.24. The highest BCUT2D eigenvalue weighted by atomic mass is 32.2. The molecule has 0 saturated carbocycles. The van der Waals surface area contributed by atoms with Gasteiger partial charge in [-0.25, -0.2) is 18.5 Å². The predicted molar refractivity (Wildman–Crippen MR) is 68.6 cm³/mol. The van der Waals surface area contributed by atoms with Crippen LogP contribution < -0.4 is 9.86 Å². The van der Waals surface area contributed by atoms with E-state index in [9.17, 15) is 16.8 Å². The van der Waals surface area contributed by atoms with Gasteiger partial charge >= 0.3 is 0 Å². The van der Waals surface area contributed by atoms with Gasteiger partial charge in [-0.1, -0.05) is 0 Å². The molecule has 12 heteroatoms. The number of rotatable bonds is 4. The summed E-state index contributed by atoms with van der Waals surface area (Å²) in [6, 6.07) is 0. The lowest BCUT2D eigenvalue weighted by Gasteiger charge is -2.03. The monoisotopic (exact) mass is 320 g/mol. The Balaban J connectivity index is 2.45. The van der Waals surface area contributed by atoms with Crippen LogP contribution in [-0.4, -0.2) is 36.2 Å². The zero-order chi connectivity index (χ0) is 15.1. The van der Waals surface area contributed by atoms with Crippen molar-refractivity contribution in [3.63, 3.8) is 0 Å². The number of nitrogens with zero attached hydrogens (tertiary/aromatic N) is 4. The summed E-state index contributed by atoms with van der Waals surface area (Å²) in [7, 11) is -5.10. The second kappa shape index (κ2) is 4.57. The van der Waals surface area contributed by atoms with E-state index in [0.717, 1.165) is 10.9 Å². The fraction of sp³-hybridized carbons (Fsp3) is 0.250. The van der Waals surface area contributed by atoms with Gasteiger partial charge in [-0.3, -0.25) is 9.40 Å². The average Bonchev–Trinajstić information content (AvgIpc) is 2.84. The van der Waals surface area contributed by atoms with Gasteiger partial charge in [-0.05, 0) is 0 Å².